The molecule has 2 unspecified atom stereocenters. The molecule has 0 radical (unpaired) electrons. The third-order valence-corrected chi connectivity index (χ3v) is 3.13. The Morgan fingerprint density at radius 1 is 1.69 bits per heavy atom. The lowest BCUT2D eigenvalue weighted by Crippen LogP contribution is -2.57. The average molecular weight is 230 g/mol. The molecular formula is C11H22N2O3. The second-order valence-electron chi connectivity index (χ2n) is 4.60. The number of hydrogen-bond donors (Lipinski definition) is 2. The second-order valence-corrected chi connectivity index (χ2v) is 4.60. The van der Waals surface area contributed by atoms with Gasteiger partial charge in [-0.2, -0.15) is 0 Å². The van der Waals surface area contributed by atoms with Crippen LogP contribution in [0.5, 0.6) is 0 Å². The van der Waals surface area contributed by atoms with Gasteiger partial charge in [0.25, 0.3) is 0 Å². The number of likely N-dealkylation sites (N-methyl/N-ethyl adjacent to an activating group) is 2. The molecule has 0 aromatic heterocycles. The summed E-state index contributed by atoms with van der Waals surface area (Å²) in [6.45, 7) is 6.27. The zero-order valence-corrected chi connectivity index (χ0v) is 10.3. The summed E-state index contributed by atoms with van der Waals surface area (Å²) in [5, 5.41) is 12.3. The molecule has 1 rings (SSSR count). The van der Waals surface area contributed by atoms with Gasteiger partial charge in [-0.15, -0.1) is 0 Å². The maximum absolute atomic E-state index is 11.2. The summed E-state index contributed by atoms with van der Waals surface area (Å²) in [5.41, 5.74) is -0.883. The summed E-state index contributed by atoms with van der Waals surface area (Å²) in [5.74, 6) is -0.805. The van der Waals surface area contributed by atoms with Crippen LogP contribution in [-0.4, -0.2) is 60.9 Å². The highest BCUT2D eigenvalue weighted by atomic mass is 16.5. The number of nitrogens with zero attached hydrogens (tertiary/aromatic N) is 1. The van der Waals surface area contributed by atoms with E-state index in [0.717, 1.165) is 13.0 Å². The van der Waals surface area contributed by atoms with Gasteiger partial charge in [0, 0.05) is 19.2 Å². The predicted octanol–water partition coefficient (Wildman–Crippen LogP) is 0.160. The Balaban J connectivity index is 2.56. The Kier molecular flexibility index (Phi) is 4.70. The van der Waals surface area contributed by atoms with E-state index < -0.39 is 11.5 Å². The lowest BCUT2D eigenvalue weighted by atomic mass is 10.0. The number of nitrogens with one attached hydrogen (secondary N) is 1. The summed E-state index contributed by atoms with van der Waals surface area (Å²) in [4.78, 5) is 13.3. The zero-order valence-electron chi connectivity index (χ0n) is 10.3. The van der Waals surface area contributed by atoms with Gasteiger partial charge in [-0.25, -0.2) is 0 Å². The molecule has 1 aliphatic rings. The summed E-state index contributed by atoms with van der Waals surface area (Å²) in [6, 6.07) is 0.345. The molecule has 1 heterocycles. The van der Waals surface area contributed by atoms with Crippen LogP contribution in [0.2, 0.25) is 0 Å². The van der Waals surface area contributed by atoms with Crippen molar-refractivity contribution in [3.8, 4) is 0 Å². The Morgan fingerprint density at radius 2 is 2.38 bits per heavy atom. The Labute approximate surface area is 96.8 Å². The Bertz CT molecular complexity index is 241. The van der Waals surface area contributed by atoms with E-state index in [1.54, 1.807) is 6.92 Å². The minimum atomic E-state index is -0.883. The van der Waals surface area contributed by atoms with Crippen molar-refractivity contribution in [1.29, 1.82) is 0 Å². The van der Waals surface area contributed by atoms with Crippen molar-refractivity contribution in [2.45, 2.75) is 31.8 Å². The van der Waals surface area contributed by atoms with E-state index in [9.17, 15) is 9.90 Å². The van der Waals surface area contributed by atoms with Crippen LogP contribution in [-0.2, 0) is 9.53 Å². The SMILES string of the molecule is CCNC(C)(CN(C)C1CCOC1)C(=O)O. The van der Waals surface area contributed by atoms with Crippen LogP contribution in [0, 0.1) is 0 Å². The molecule has 5 nitrogen and oxygen atoms in total. The van der Waals surface area contributed by atoms with Crippen molar-refractivity contribution < 1.29 is 14.6 Å². The molecule has 0 amide bonds. The molecule has 16 heavy (non-hydrogen) atoms. The molecule has 0 aliphatic carbocycles. The summed E-state index contributed by atoms with van der Waals surface area (Å²) >= 11 is 0. The van der Waals surface area contributed by atoms with E-state index in [1.165, 1.54) is 0 Å². The number of hydrogen-bond acceptors (Lipinski definition) is 4. The van der Waals surface area contributed by atoms with Gasteiger partial charge in [0.2, 0.25) is 0 Å². The van der Waals surface area contributed by atoms with Gasteiger partial charge in [0.1, 0.15) is 5.54 Å². The molecule has 0 aromatic carbocycles. The quantitative estimate of drug-likeness (QED) is 0.680. The smallest absolute Gasteiger partial charge is 0.324 e. The third-order valence-electron chi connectivity index (χ3n) is 3.13. The molecule has 0 bridgehead atoms. The van der Waals surface area contributed by atoms with E-state index in [-0.39, 0.29) is 0 Å². The minimum absolute atomic E-state index is 0.345. The number of carboxylic acid groups (broad SMARTS) is 1. The van der Waals surface area contributed by atoms with Crippen molar-refractivity contribution in [1.82, 2.24) is 10.2 Å². The number of carboxylic acids is 1. The second kappa shape index (κ2) is 5.61. The van der Waals surface area contributed by atoms with Gasteiger partial charge < -0.3 is 15.2 Å². The van der Waals surface area contributed by atoms with Crippen LogP contribution in [0.3, 0.4) is 0 Å². The van der Waals surface area contributed by atoms with E-state index in [2.05, 4.69) is 10.2 Å². The molecule has 2 atom stereocenters. The highest BCUT2D eigenvalue weighted by molar-refractivity contribution is 5.78. The lowest BCUT2D eigenvalue weighted by molar-refractivity contribution is -0.145. The van der Waals surface area contributed by atoms with Gasteiger partial charge >= 0.3 is 5.97 Å². The topological polar surface area (TPSA) is 61.8 Å². The number of aliphatic carboxylic acids is 1. The van der Waals surface area contributed by atoms with Crippen molar-refractivity contribution >= 4 is 5.97 Å². The first-order valence-electron chi connectivity index (χ1n) is 5.76. The fourth-order valence-corrected chi connectivity index (χ4v) is 2.09. The summed E-state index contributed by atoms with van der Waals surface area (Å²) in [7, 11) is 1.96. The van der Waals surface area contributed by atoms with E-state index in [0.29, 0.717) is 25.7 Å². The van der Waals surface area contributed by atoms with Crippen LogP contribution in [0.25, 0.3) is 0 Å². The largest absolute Gasteiger partial charge is 0.480 e. The highest BCUT2D eigenvalue weighted by Crippen LogP contribution is 2.14. The van der Waals surface area contributed by atoms with E-state index >= 15 is 0 Å². The molecule has 94 valence electrons. The number of carbonyl (C=O) groups is 1. The first-order chi connectivity index (χ1) is 7.49. The number of rotatable bonds is 6. The first-order valence-corrected chi connectivity index (χ1v) is 5.76. The van der Waals surface area contributed by atoms with Gasteiger partial charge in [0.15, 0.2) is 0 Å². The standard InChI is InChI=1S/C11H22N2O3/c1-4-12-11(2,10(14)15)8-13(3)9-5-6-16-7-9/h9,12H,4-8H2,1-3H3,(H,14,15). The van der Waals surface area contributed by atoms with Crippen molar-refractivity contribution in [3.05, 3.63) is 0 Å². The number of ether oxygens (including phenoxy) is 1. The molecule has 0 saturated carbocycles. The summed E-state index contributed by atoms with van der Waals surface area (Å²) in [6.07, 6.45) is 0.984. The molecule has 5 heteroatoms. The van der Waals surface area contributed by atoms with Crippen LogP contribution >= 0.6 is 0 Å². The minimum Gasteiger partial charge on any atom is -0.480 e. The van der Waals surface area contributed by atoms with Gasteiger partial charge in [-0.3, -0.25) is 9.69 Å². The van der Waals surface area contributed by atoms with E-state index in [1.807, 2.05) is 14.0 Å². The van der Waals surface area contributed by atoms with Crippen LogP contribution in [0.15, 0.2) is 0 Å². The molecule has 2 N–H and O–H groups in total. The molecule has 1 aliphatic heterocycles. The summed E-state index contributed by atoms with van der Waals surface area (Å²) < 4.78 is 5.30. The molecule has 1 fully saturated rings. The van der Waals surface area contributed by atoms with Crippen LogP contribution < -0.4 is 5.32 Å². The van der Waals surface area contributed by atoms with Crippen molar-refractivity contribution in [2.75, 3.05) is 33.4 Å². The fraction of sp³-hybridized carbons (Fsp3) is 0.909. The average Bonchev–Trinajstić information content (AvgIpc) is 2.70. The third kappa shape index (κ3) is 3.17. The molecule has 0 spiro atoms. The monoisotopic (exact) mass is 230 g/mol. The maximum atomic E-state index is 11.2. The van der Waals surface area contributed by atoms with Crippen LogP contribution in [0.4, 0.5) is 0 Å². The zero-order chi connectivity index (χ0) is 12.2. The van der Waals surface area contributed by atoms with Gasteiger partial charge in [-0.1, -0.05) is 6.92 Å². The van der Waals surface area contributed by atoms with Crippen molar-refractivity contribution in [2.24, 2.45) is 0 Å². The molecular weight excluding hydrogens is 208 g/mol. The fourth-order valence-electron chi connectivity index (χ4n) is 2.09. The molecule has 0 aromatic rings. The lowest BCUT2D eigenvalue weighted by Gasteiger charge is -2.33. The van der Waals surface area contributed by atoms with Gasteiger partial charge in [0.05, 0.1) is 6.61 Å². The van der Waals surface area contributed by atoms with Crippen LogP contribution in [0.1, 0.15) is 20.3 Å². The Morgan fingerprint density at radius 3 is 2.81 bits per heavy atom. The first kappa shape index (κ1) is 13.4. The molecule has 1 saturated heterocycles. The Hall–Kier alpha value is -0.650. The maximum Gasteiger partial charge on any atom is 0.324 e. The highest BCUT2D eigenvalue weighted by Gasteiger charge is 2.35. The predicted molar refractivity (Wildman–Crippen MR) is 61.6 cm³/mol. The van der Waals surface area contributed by atoms with Gasteiger partial charge in [-0.05, 0) is 26.9 Å². The van der Waals surface area contributed by atoms with Crippen molar-refractivity contribution in [3.63, 3.8) is 0 Å². The van der Waals surface area contributed by atoms with E-state index in [4.69, 9.17) is 4.74 Å². The normalized spacial score (nSPS) is 24.6.